The molecule has 6 nitrogen and oxygen atoms in total. The molecule has 2 amide bonds. The highest BCUT2D eigenvalue weighted by molar-refractivity contribution is 9.10. The summed E-state index contributed by atoms with van der Waals surface area (Å²) in [6, 6.07) is 3.52. The number of ether oxygens (including phenoxy) is 2. The van der Waals surface area contributed by atoms with Crippen LogP contribution in [0.3, 0.4) is 0 Å². The first kappa shape index (κ1) is 17.0. The molecule has 1 aromatic carbocycles. The Labute approximate surface area is 165 Å². The lowest BCUT2D eigenvalue weighted by Crippen LogP contribution is -2.30. The van der Waals surface area contributed by atoms with Gasteiger partial charge in [0.05, 0.1) is 36.7 Å². The summed E-state index contributed by atoms with van der Waals surface area (Å²) in [5, 5.41) is 5.31. The molecule has 4 aliphatic rings. The number of hydrogen-bond acceptors (Lipinski definition) is 5. The molecule has 2 saturated carbocycles. The van der Waals surface area contributed by atoms with Crippen molar-refractivity contribution < 1.29 is 19.1 Å². The van der Waals surface area contributed by atoms with Crippen LogP contribution in [0.1, 0.15) is 18.4 Å². The molecule has 0 N–H and O–H groups in total. The summed E-state index contributed by atoms with van der Waals surface area (Å²) in [4.78, 5) is 25.9. The van der Waals surface area contributed by atoms with Crippen LogP contribution in [0.4, 0.5) is 0 Å². The van der Waals surface area contributed by atoms with E-state index in [9.17, 15) is 9.59 Å². The maximum atomic E-state index is 12.9. The first-order valence-electron chi connectivity index (χ1n) is 9.03. The van der Waals surface area contributed by atoms with Gasteiger partial charge in [-0.3, -0.25) is 9.59 Å². The van der Waals surface area contributed by atoms with Crippen molar-refractivity contribution in [2.45, 2.75) is 12.8 Å². The van der Waals surface area contributed by atoms with Gasteiger partial charge in [-0.1, -0.05) is 12.2 Å². The molecule has 0 radical (unpaired) electrons. The van der Waals surface area contributed by atoms with Crippen LogP contribution in [-0.4, -0.2) is 37.3 Å². The predicted octanol–water partition coefficient (Wildman–Crippen LogP) is 3.00. The molecule has 1 aromatic rings. The molecule has 140 valence electrons. The highest BCUT2D eigenvalue weighted by Gasteiger charge is 2.73. The number of rotatable bonds is 4. The van der Waals surface area contributed by atoms with Crippen LogP contribution in [0, 0.1) is 29.1 Å². The minimum Gasteiger partial charge on any atom is -0.496 e. The van der Waals surface area contributed by atoms with Crippen LogP contribution >= 0.6 is 15.9 Å². The Bertz CT molecular complexity index is 887. The third-order valence-electron chi connectivity index (χ3n) is 6.65. The standard InChI is InChI=1S/C20H19BrN2O4/c1-26-14-8-15(27-2)13(21)7-10(14)9-22-23-18(24)16-11-3-4-12(17(16)19(23)25)20(11)5-6-20/h3-4,7-9,11-12,16-17H,5-6H2,1-2H3/b22-9-/t11-,12-,16-,17-/m0/s1. The van der Waals surface area contributed by atoms with Crippen LogP contribution in [-0.2, 0) is 9.59 Å². The molecule has 3 aliphatic carbocycles. The van der Waals surface area contributed by atoms with E-state index < -0.39 is 0 Å². The zero-order valence-electron chi connectivity index (χ0n) is 15.0. The molecule has 0 aromatic heterocycles. The number of hydrazone groups is 1. The number of halogens is 1. The van der Waals surface area contributed by atoms with Gasteiger partial charge in [0.25, 0.3) is 11.8 Å². The molecule has 27 heavy (non-hydrogen) atoms. The molecule has 5 rings (SSSR count). The van der Waals surface area contributed by atoms with Gasteiger partial charge in [0.1, 0.15) is 11.5 Å². The predicted molar refractivity (Wildman–Crippen MR) is 101 cm³/mol. The lowest BCUT2D eigenvalue weighted by atomic mass is 9.85. The van der Waals surface area contributed by atoms with Crippen molar-refractivity contribution in [2.75, 3.05) is 14.2 Å². The quantitative estimate of drug-likeness (QED) is 0.418. The summed E-state index contributed by atoms with van der Waals surface area (Å²) in [6.45, 7) is 0. The van der Waals surface area contributed by atoms with Crippen LogP contribution < -0.4 is 9.47 Å². The molecule has 3 fully saturated rings. The fourth-order valence-corrected chi connectivity index (χ4v) is 5.80. The lowest BCUT2D eigenvalue weighted by molar-refractivity contribution is -0.141. The second-order valence-corrected chi connectivity index (χ2v) is 8.54. The third kappa shape index (κ3) is 2.15. The maximum Gasteiger partial charge on any atom is 0.254 e. The van der Waals surface area contributed by atoms with Crippen molar-refractivity contribution in [3.63, 3.8) is 0 Å². The Morgan fingerprint density at radius 3 is 2.19 bits per heavy atom. The normalized spacial score (nSPS) is 32.0. The SMILES string of the molecule is COc1cc(OC)c(/C=N\N2C(=O)[C@@H]3[C@@H](C2=O)[C@@H]2C=C[C@@H]3C23CC3)cc1Br. The molecule has 7 heteroatoms. The number of nitrogens with zero attached hydrogens (tertiary/aromatic N) is 2. The van der Waals surface area contributed by atoms with Gasteiger partial charge in [-0.05, 0) is 52.1 Å². The van der Waals surface area contributed by atoms with E-state index in [4.69, 9.17) is 9.47 Å². The number of fused-ring (bicyclic) bond motifs is 3. The number of carbonyl (C=O) groups excluding carboxylic acids is 2. The first-order valence-corrected chi connectivity index (χ1v) is 9.83. The highest BCUT2D eigenvalue weighted by atomic mass is 79.9. The Balaban J connectivity index is 1.44. The number of amides is 2. The number of benzene rings is 1. The zero-order valence-corrected chi connectivity index (χ0v) is 16.6. The van der Waals surface area contributed by atoms with E-state index in [2.05, 4.69) is 33.2 Å². The van der Waals surface area contributed by atoms with Gasteiger partial charge in [-0.25, -0.2) is 0 Å². The molecule has 1 spiro atoms. The minimum atomic E-state index is -0.239. The minimum absolute atomic E-state index is 0.170. The molecular weight excluding hydrogens is 412 g/mol. The first-order chi connectivity index (χ1) is 13.0. The van der Waals surface area contributed by atoms with E-state index in [-0.39, 0.29) is 40.9 Å². The number of carbonyl (C=O) groups is 2. The average Bonchev–Trinajstić information content (AvgIpc) is 3.27. The van der Waals surface area contributed by atoms with Crippen LogP contribution in [0.25, 0.3) is 0 Å². The van der Waals surface area contributed by atoms with Crippen molar-refractivity contribution in [3.8, 4) is 11.5 Å². The Morgan fingerprint density at radius 2 is 1.67 bits per heavy atom. The average molecular weight is 431 g/mol. The highest BCUT2D eigenvalue weighted by Crippen LogP contribution is 2.73. The Morgan fingerprint density at radius 1 is 1.07 bits per heavy atom. The fourth-order valence-electron chi connectivity index (χ4n) is 5.28. The number of hydrogen-bond donors (Lipinski definition) is 0. The van der Waals surface area contributed by atoms with Crippen molar-refractivity contribution >= 4 is 34.0 Å². The van der Waals surface area contributed by atoms with E-state index in [1.54, 1.807) is 26.4 Å². The van der Waals surface area contributed by atoms with E-state index in [1.165, 1.54) is 6.21 Å². The van der Waals surface area contributed by atoms with Crippen molar-refractivity contribution in [1.82, 2.24) is 5.01 Å². The molecule has 0 unspecified atom stereocenters. The van der Waals surface area contributed by atoms with Crippen LogP contribution in [0.5, 0.6) is 11.5 Å². The Hall–Kier alpha value is -2.15. The van der Waals surface area contributed by atoms with Gasteiger partial charge < -0.3 is 9.47 Å². The smallest absolute Gasteiger partial charge is 0.254 e. The molecule has 1 aliphatic heterocycles. The van der Waals surface area contributed by atoms with E-state index in [0.717, 1.165) is 22.3 Å². The molecular formula is C20H19BrN2O4. The summed E-state index contributed by atoms with van der Waals surface area (Å²) in [5.41, 5.74) is 0.850. The van der Waals surface area contributed by atoms with Crippen molar-refractivity contribution in [2.24, 2.45) is 34.2 Å². The van der Waals surface area contributed by atoms with Gasteiger partial charge >= 0.3 is 0 Å². The number of imide groups is 1. The van der Waals surface area contributed by atoms with Crippen LogP contribution in [0.15, 0.2) is 33.9 Å². The molecule has 2 bridgehead atoms. The summed E-state index contributed by atoms with van der Waals surface area (Å²) < 4.78 is 11.4. The Kier molecular flexibility index (Phi) is 3.57. The summed E-state index contributed by atoms with van der Waals surface area (Å²) >= 11 is 3.43. The number of methoxy groups -OCH3 is 2. The molecule has 1 heterocycles. The van der Waals surface area contributed by atoms with Crippen LogP contribution in [0.2, 0.25) is 0 Å². The summed E-state index contributed by atoms with van der Waals surface area (Å²) in [6.07, 6.45) is 8.07. The van der Waals surface area contributed by atoms with Gasteiger partial charge in [0, 0.05) is 11.6 Å². The molecule has 4 atom stereocenters. The van der Waals surface area contributed by atoms with Gasteiger partial charge in [0.2, 0.25) is 0 Å². The topological polar surface area (TPSA) is 68.2 Å². The largest absolute Gasteiger partial charge is 0.496 e. The second-order valence-electron chi connectivity index (χ2n) is 7.68. The monoisotopic (exact) mass is 430 g/mol. The lowest BCUT2D eigenvalue weighted by Gasteiger charge is -2.18. The number of allylic oxidation sites excluding steroid dienone is 2. The maximum absolute atomic E-state index is 12.9. The van der Waals surface area contributed by atoms with E-state index in [1.807, 2.05) is 0 Å². The van der Waals surface area contributed by atoms with Crippen molar-refractivity contribution in [1.29, 1.82) is 0 Å². The van der Waals surface area contributed by atoms with Gasteiger partial charge in [-0.15, -0.1) is 0 Å². The summed E-state index contributed by atoms with van der Waals surface area (Å²) in [7, 11) is 3.12. The molecule has 1 saturated heterocycles. The van der Waals surface area contributed by atoms with Gasteiger partial charge in [0.15, 0.2) is 0 Å². The zero-order chi connectivity index (χ0) is 18.9. The fraction of sp³-hybridized carbons (Fsp3) is 0.450. The van der Waals surface area contributed by atoms with E-state index in [0.29, 0.717) is 17.1 Å². The van der Waals surface area contributed by atoms with Crippen molar-refractivity contribution in [3.05, 3.63) is 34.3 Å². The second kappa shape index (κ2) is 5.67. The van der Waals surface area contributed by atoms with Gasteiger partial charge in [-0.2, -0.15) is 10.1 Å². The van der Waals surface area contributed by atoms with E-state index >= 15 is 0 Å². The third-order valence-corrected chi connectivity index (χ3v) is 7.27. The summed E-state index contributed by atoms with van der Waals surface area (Å²) in [5.74, 6) is 0.767.